The van der Waals surface area contributed by atoms with Crippen molar-refractivity contribution in [1.82, 2.24) is 24.6 Å². The molecule has 1 aliphatic rings. The van der Waals surface area contributed by atoms with Crippen molar-refractivity contribution in [2.24, 2.45) is 0 Å². The second kappa shape index (κ2) is 8.47. The summed E-state index contributed by atoms with van der Waals surface area (Å²) in [7, 11) is 0. The fourth-order valence-electron chi connectivity index (χ4n) is 3.39. The number of aryl methyl sites for hydroxylation is 1. The predicted octanol–water partition coefficient (Wildman–Crippen LogP) is 1.99. The van der Waals surface area contributed by atoms with Crippen molar-refractivity contribution >= 4 is 0 Å². The zero-order chi connectivity index (χ0) is 18.5. The Hall–Kier alpha value is -2.48. The van der Waals surface area contributed by atoms with Crippen LogP contribution in [0.25, 0.3) is 11.5 Å². The Balaban J connectivity index is 1.48. The Bertz CT molecular complexity index is 835. The van der Waals surface area contributed by atoms with E-state index in [1.54, 1.807) is 6.20 Å². The number of aliphatic hydroxyl groups excluding tert-OH is 1. The molecule has 0 bridgehead atoms. The van der Waals surface area contributed by atoms with Crippen LogP contribution >= 0.6 is 0 Å². The molecule has 2 N–H and O–H groups in total. The number of benzene rings is 1. The van der Waals surface area contributed by atoms with Crippen molar-refractivity contribution in [3.63, 3.8) is 0 Å². The molecular weight excluding hydrogens is 342 g/mol. The van der Waals surface area contributed by atoms with Gasteiger partial charge < -0.3 is 19.7 Å². The fourth-order valence-corrected chi connectivity index (χ4v) is 3.39. The molecule has 1 aliphatic heterocycles. The zero-order valence-corrected chi connectivity index (χ0v) is 15.3. The lowest BCUT2D eigenvalue weighted by Crippen LogP contribution is -2.19. The van der Waals surface area contributed by atoms with Gasteiger partial charge in [0, 0.05) is 25.5 Å². The van der Waals surface area contributed by atoms with Gasteiger partial charge in [0.05, 0.1) is 31.6 Å². The molecule has 0 radical (unpaired) electrons. The van der Waals surface area contributed by atoms with Crippen LogP contribution in [0.15, 0.2) is 48.8 Å². The van der Waals surface area contributed by atoms with E-state index in [0.29, 0.717) is 13.2 Å². The smallest absolute Gasteiger partial charge is 0.160 e. The first-order valence-electron chi connectivity index (χ1n) is 9.38. The monoisotopic (exact) mass is 367 g/mol. The summed E-state index contributed by atoms with van der Waals surface area (Å²) in [5, 5.41) is 18.0. The molecule has 0 spiro atoms. The molecule has 27 heavy (non-hydrogen) atoms. The van der Waals surface area contributed by atoms with Gasteiger partial charge in [0.1, 0.15) is 5.69 Å². The number of hydrogen-bond acceptors (Lipinski definition) is 5. The highest BCUT2D eigenvalue weighted by atomic mass is 16.5. The standard InChI is InChI=1S/C20H25N5O2/c26-13-18(15-27-14-16-5-2-1-3-6-16)24-10-8-22-20(24)19-11-17-12-21-7-4-9-25(17)23-19/h1-3,5-6,8,10-11,18,21,26H,4,7,9,12-15H2. The number of aliphatic hydroxyl groups is 1. The molecule has 7 nitrogen and oxygen atoms in total. The minimum absolute atomic E-state index is 0.0206. The average molecular weight is 367 g/mol. The van der Waals surface area contributed by atoms with Crippen molar-refractivity contribution in [3.05, 3.63) is 60.0 Å². The number of hydrogen-bond donors (Lipinski definition) is 2. The van der Waals surface area contributed by atoms with Crippen LogP contribution in [0.1, 0.15) is 23.7 Å². The number of nitrogens with zero attached hydrogens (tertiary/aromatic N) is 4. The van der Waals surface area contributed by atoms with E-state index < -0.39 is 0 Å². The first-order valence-corrected chi connectivity index (χ1v) is 9.38. The third kappa shape index (κ3) is 4.10. The maximum absolute atomic E-state index is 9.90. The Morgan fingerprint density at radius 2 is 2.15 bits per heavy atom. The summed E-state index contributed by atoms with van der Waals surface area (Å²) in [6.07, 6.45) is 4.69. The van der Waals surface area contributed by atoms with Gasteiger partial charge in [-0.2, -0.15) is 5.10 Å². The van der Waals surface area contributed by atoms with Crippen molar-refractivity contribution in [1.29, 1.82) is 0 Å². The summed E-state index contributed by atoms with van der Waals surface area (Å²) in [4.78, 5) is 4.49. The molecule has 4 rings (SSSR count). The molecule has 1 atom stereocenters. The van der Waals surface area contributed by atoms with E-state index in [-0.39, 0.29) is 12.6 Å². The highest BCUT2D eigenvalue weighted by Crippen LogP contribution is 2.22. The van der Waals surface area contributed by atoms with Crippen molar-refractivity contribution in [2.45, 2.75) is 32.2 Å². The first kappa shape index (κ1) is 17.9. The summed E-state index contributed by atoms with van der Waals surface area (Å²) in [5.41, 5.74) is 3.11. The summed E-state index contributed by atoms with van der Waals surface area (Å²) < 4.78 is 9.85. The van der Waals surface area contributed by atoms with Crippen LogP contribution in [-0.2, 0) is 24.4 Å². The summed E-state index contributed by atoms with van der Waals surface area (Å²) in [5.74, 6) is 0.762. The van der Waals surface area contributed by atoms with Gasteiger partial charge in [-0.15, -0.1) is 0 Å². The molecule has 7 heteroatoms. The fraction of sp³-hybridized carbons (Fsp3) is 0.400. The maximum atomic E-state index is 9.90. The van der Waals surface area contributed by atoms with Crippen LogP contribution < -0.4 is 5.32 Å². The molecule has 0 aliphatic carbocycles. The van der Waals surface area contributed by atoms with Crippen LogP contribution in [0.4, 0.5) is 0 Å². The summed E-state index contributed by atoms with van der Waals surface area (Å²) in [6.45, 7) is 3.64. The van der Waals surface area contributed by atoms with E-state index in [1.807, 2.05) is 45.8 Å². The molecule has 0 amide bonds. The van der Waals surface area contributed by atoms with Crippen molar-refractivity contribution < 1.29 is 9.84 Å². The Morgan fingerprint density at radius 1 is 1.26 bits per heavy atom. The highest BCUT2D eigenvalue weighted by Gasteiger charge is 2.19. The van der Waals surface area contributed by atoms with Gasteiger partial charge in [-0.25, -0.2) is 4.98 Å². The van der Waals surface area contributed by atoms with E-state index in [2.05, 4.69) is 16.4 Å². The topological polar surface area (TPSA) is 77.1 Å². The van der Waals surface area contributed by atoms with Crippen molar-refractivity contribution in [2.75, 3.05) is 19.8 Å². The molecule has 1 aromatic carbocycles. The predicted molar refractivity (Wildman–Crippen MR) is 102 cm³/mol. The molecule has 0 saturated heterocycles. The third-order valence-corrected chi connectivity index (χ3v) is 4.82. The van der Waals surface area contributed by atoms with E-state index in [4.69, 9.17) is 9.84 Å². The molecule has 2 aromatic heterocycles. The average Bonchev–Trinajstić information content (AvgIpc) is 3.28. The maximum Gasteiger partial charge on any atom is 0.160 e. The number of nitrogens with one attached hydrogen (secondary N) is 1. The molecule has 142 valence electrons. The first-order chi connectivity index (χ1) is 13.3. The van der Waals surface area contributed by atoms with E-state index >= 15 is 0 Å². The summed E-state index contributed by atoms with van der Waals surface area (Å²) >= 11 is 0. The van der Waals surface area contributed by atoms with Gasteiger partial charge in [0.15, 0.2) is 5.82 Å². The number of aromatic nitrogens is 4. The van der Waals surface area contributed by atoms with Gasteiger partial charge in [-0.05, 0) is 24.6 Å². The van der Waals surface area contributed by atoms with E-state index in [9.17, 15) is 5.11 Å². The number of ether oxygens (including phenoxy) is 1. The van der Waals surface area contributed by atoms with Gasteiger partial charge in [0.2, 0.25) is 0 Å². The van der Waals surface area contributed by atoms with Crippen LogP contribution in [-0.4, -0.2) is 44.2 Å². The van der Waals surface area contributed by atoms with Crippen molar-refractivity contribution in [3.8, 4) is 11.5 Å². The van der Waals surface area contributed by atoms with E-state index in [1.165, 1.54) is 0 Å². The molecule has 3 heterocycles. The number of imidazole rings is 1. The Morgan fingerprint density at radius 3 is 3.00 bits per heavy atom. The molecule has 3 aromatic rings. The van der Waals surface area contributed by atoms with Gasteiger partial charge in [-0.3, -0.25) is 4.68 Å². The van der Waals surface area contributed by atoms with Gasteiger partial charge in [0.25, 0.3) is 0 Å². The molecule has 0 saturated carbocycles. The minimum Gasteiger partial charge on any atom is -0.394 e. The molecule has 1 unspecified atom stereocenters. The molecular formula is C20H25N5O2. The quantitative estimate of drug-likeness (QED) is 0.668. The summed E-state index contributed by atoms with van der Waals surface area (Å²) in [6, 6.07) is 11.9. The number of fused-ring (bicyclic) bond motifs is 1. The lowest BCUT2D eigenvalue weighted by Gasteiger charge is -2.18. The Labute approximate surface area is 158 Å². The lowest BCUT2D eigenvalue weighted by molar-refractivity contribution is 0.0675. The largest absolute Gasteiger partial charge is 0.394 e. The van der Waals surface area contributed by atoms with Gasteiger partial charge in [-0.1, -0.05) is 30.3 Å². The second-order valence-corrected chi connectivity index (χ2v) is 6.77. The van der Waals surface area contributed by atoms with Crippen LogP contribution in [0.3, 0.4) is 0 Å². The normalized spacial score (nSPS) is 15.3. The third-order valence-electron chi connectivity index (χ3n) is 4.82. The van der Waals surface area contributed by atoms with E-state index in [0.717, 1.165) is 48.8 Å². The van der Waals surface area contributed by atoms with Crippen LogP contribution in [0, 0.1) is 0 Å². The zero-order valence-electron chi connectivity index (χ0n) is 15.3. The minimum atomic E-state index is -0.203. The number of rotatable bonds is 7. The SMILES string of the molecule is OCC(COCc1ccccc1)n1ccnc1-c1cc2n(n1)CCCNC2. The molecule has 0 fully saturated rings. The lowest BCUT2D eigenvalue weighted by atomic mass is 10.2. The van der Waals surface area contributed by atoms with Crippen LogP contribution in [0.5, 0.6) is 0 Å². The Kier molecular flexibility index (Phi) is 5.62. The highest BCUT2D eigenvalue weighted by molar-refractivity contribution is 5.50. The van der Waals surface area contributed by atoms with Crippen LogP contribution in [0.2, 0.25) is 0 Å². The second-order valence-electron chi connectivity index (χ2n) is 6.77. The van der Waals surface area contributed by atoms with Gasteiger partial charge >= 0.3 is 0 Å².